The van der Waals surface area contributed by atoms with Gasteiger partial charge in [0.05, 0.1) is 6.61 Å². The fourth-order valence-corrected chi connectivity index (χ4v) is 1.83. The number of rotatable bonds is 1. The van der Waals surface area contributed by atoms with Gasteiger partial charge in [0, 0.05) is 18.3 Å². The van der Waals surface area contributed by atoms with Crippen LogP contribution in [0.3, 0.4) is 0 Å². The Morgan fingerprint density at radius 1 is 1.53 bits per heavy atom. The Kier molecular flexibility index (Phi) is 2.46. The second kappa shape index (κ2) is 3.52. The first-order valence-corrected chi connectivity index (χ1v) is 4.68. The van der Waals surface area contributed by atoms with E-state index in [0.29, 0.717) is 19.6 Å². The Morgan fingerprint density at radius 3 is 2.93 bits per heavy atom. The van der Waals surface area contributed by atoms with Crippen molar-refractivity contribution in [2.24, 2.45) is 0 Å². The number of hydrogen-bond acceptors (Lipinski definition) is 3. The summed E-state index contributed by atoms with van der Waals surface area (Å²) in [5, 5.41) is 0. The summed E-state index contributed by atoms with van der Waals surface area (Å²) < 4.78 is 41.7. The van der Waals surface area contributed by atoms with Crippen LogP contribution in [0.2, 0.25) is 0 Å². The van der Waals surface area contributed by atoms with Crippen LogP contribution in [0.25, 0.3) is 0 Å². The molecule has 1 fully saturated rings. The molecule has 2 aliphatic rings. The van der Waals surface area contributed by atoms with E-state index in [9.17, 15) is 18.0 Å². The molecule has 0 aromatic rings. The lowest BCUT2D eigenvalue weighted by Gasteiger charge is -2.27. The molecular formula is C9H10F3NO2. The molecule has 2 aliphatic heterocycles. The van der Waals surface area contributed by atoms with Crippen LogP contribution in [0.5, 0.6) is 0 Å². The highest BCUT2D eigenvalue weighted by atomic mass is 19.4. The fourth-order valence-electron chi connectivity index (χ4n) is 1.83. The predicted molar refractivity (Wildman–Crippen MR) is 44.8 cm³/mol. The Hall–Kier alpha value is -1.04. The molecule has 0 bridgehead atoms. The standard InChI is InChI=1S/C9H10F3NO2/c10-9(11,12)8(14)6-1-2-7-13(5-6)3-4-15-7/h5,7H,1-4H2. The summed E-state index contributed by atoms with van der Waals surface area (Å²) in [5.41, 5.74) is -0.163. The molecule has 0 N–H and O–H groups in total. The number of allylic oxidation sites excluding steroid dienone is 1. The molecule has 0 aromatic carbocycles. The van der Waals surface area contributed by atoms with Crippen molar-refractivity contribution >= 4 is 5.78 Å². The molecule has 84 valence electrons. The number of ether oxygens (including phenoxy) is 1. The van der Waals surface area contributed by atoms with Crippen molar-refractivity contribution in [3.63, 3.8) is 0 Å². The van der Waals surface area contributed by atoms with Gasteiger partial charge in [0.15, 0.2) is 0 Å². The zero-order chi connectivity index (χ0) is 11.1. The zero-order valence-corrected chi connectivity index (χ0v) is 7.88. The third-order valence-electron chi connectivity index (χ3n) is 2.56. The van der Waals surface area contributed by atoms with E-state index < -0.39 is 12.0 Å². The van der Waals surface area contributed by atoms with E-state index in [4.69, 9.17) is 4.74 Å². The summed E-state index contributed by atoms with van der Waals surface area (Å²) in [6, 6.07) is 0. The molecule has 0 saturated carbocycles. The monoisotopic (exact) mass is 221 g/mol. The van der Waals surface area contributed by atoms with Crippen LogP contribution in [-0.2, 0) is 9.53 Å². The molecule has 15 heavy (non-hydrogen) atoms. The van der Waals surface area contributed by atoms with Crippen molar-refractivity contribution in [3.8, 4) is 0 Å². The number of carbonyl (C=O) groups is 1. The average Bonchev–Trinajstić information content (AvgIpc) is 2.61. The molecule has 6 heteroatoms. The molecule has 1 atom stereocenters. The van der Waals surface area contributed by atoms with Gasteiger partial charge < -0.3 is 9.64 Å². The third kappa shape index (κ3) is 1.99. The minimum Gasteiger partial charge on any atom is -0.357 e. The van der Waals surface area contributed by atoms with Crippen LogP contribution in [-0.4, -0.2) is 36.2 Å². The average molecular weight is 221 g/mol. The second-order valence-electron chi connectivity index (χ2n) is 3.58. The van der Waals surface area contributed by atoms with Gasteiger partial charge in [-0.25, -0.2) is 0 Å². The van der Waals surface area contributed by atoms with Crippen LogP contribution >= 0.6 is 0 Å². The van der Waals surface area contributed by atoms with Crippen molar-refractivity contribution in [3.05, 3.63) is 11.8 Å². The first-order chi connectivity index (χ1) is 6.98. The van der Waals surface area contributed by atoms with E-state index in [0.717, 1.165) is 0 Å². The van der Waals surface area contributed by atoms with E-state index >= 15 is 0 Å². The maximum Gasteiger partial charge on any atom is 0.454 e. The Balaban J connectivity index is 2.14. The van der Waals surface area contributed by atoms with Gasteiger partial charge in [-0.3, -0.25) is 4.79 Å². The largest absolute Gasteiger partial charge is 0.454 e. The normalized spacial score (nSPS) is 26.2. The van der Waals surface area contributed by atoms with Crippen molar-refractivity contribution in [2.45, 2.75) is 25.2 Å². The number of nitrogens with zero attached hydrogens (tertiary/aromatic N) is 1. The summed E-state index contributed by atoms with van der Waals surface area (Å²) in [6.45, 7) is 1.06. The van der Waals surface area contributed by atoms with Gasteiger partial charge in [-0.15, -0.1) is 0 Å². The Morgan fingerprint density at radius 2 is 2.27 bits per heavy atom. The van der Waals surface area contributed by atoms with Gasteiger partial charge in [0.2, 0.25) is 0 Å². The van der Waals surface area contributed by atoms with Crippen LogP contribution in [0, 0.1) is 0 Å². The molecule has 0 radical (unpaired) electrons. The van der Waals surface area contributed by atoms with Gasteiger partial charge in [0.25, 0.3) is 5.78 Å². The zero-order valence-electron chi connectivity index (χ0n) is 7.88. The van der Waals surface area contributed by atoms with Gasteiger partial charge in [-0.1, -0.05) is 0 Å². The molecule has 1 saturated heterocycles. The first-order valence-electron chi connectivity index (χ1n) is 4.68. The number of alkyl halides is 3. The van der Waals surface area contributed by atoms with E-state index in [2.05, 4.69) is 0 Å². The summed E-state index contributed by atoms with van der Waals surface area (Å²) >= 11 is 0. The third-order valence-corrected chi connectivity index (χ3v) is 2.56. The molecule has 0 amide bonds. The first kappa shape index (κ1) is 10.5. The molecule has 2 heterocycles. The number of ketones is 1. The molecular weight excluding hydrogens is 211 g/mol. The molecule has 0 aliphatic carbocycles. The van der Waals surface area contributed by atoms with Crippen molar-refractivity contribution in [1.82, 2.24) is 4.90 Å². The summed E-state index contributed by atoms with van der Waals surface area (Å²) in [7, 11) is 0. The minimum atomic E-state index is -4.76. The molecule has 0 aromatic heterocycles. The molecule has 3 nitrogen and oxygen atoms in total. The number of hydrogen-bond donors (Lipinski definition) is 0. The lowest BCUT2D eigenvalue weighted by molar-refractivity contribution is -0.167. The Labute approximate surface area is 84.5 Å². The van der Waals surface area contributed by atoms with Crippen LogP contribution in [0.15, 0.2) is 11.8 Å². The van der Waals surface area contributed by atoms with Gasteiger partial charge in [0.1, 0.15) is 6.23 Å². The maximum atomic E-state index is 12.1. The van der Waals surface area contributed by atoms with Crippen molar-refractivity contribution in [1.29, 1.82) is 0 Å². The lowest BCUT2D eigenvalue weighted by atomic mass is 10.0. The summed E-state index contributed by atoms with van der Waals surface area (Å²) in [4.78, 5) is 12.6. The summed E-state index contributed by atoms with van der Waals surface area (Å²) in [6.07, 6.45) is -3.03. The molecule has 0 spiro atoms. The molecule has 2 rings (SSSR count). The summed E-state index contributed by atoms with van der Waals surface area (Å²) in [5.74, 6) is -1.73. The van der Waals surface area contributed by atoms with Crippen LogP contribution in [0.1, 0.15) is 12.8 Å². The maximum absolute atomic E-state index is 12.1. The number of carbonyl (C=O) groups excluding carboxylic acids is 1. The van der Waals surface area contributed by atoms with Gasteiger partial charge in [-0.05, 0) is 12.8 Å². The predicted octanol–water partition coefficient (Wildman–Crippen LogP) is 1.45. The SMILES string of the molecule is O=C(C1=CN2CCOC2CC1)C(F)(F)F. The highest BCUT2D eigenvalue weighted by molar-refractivity contribution is 5.99. The minimum absolute atomic E-state index is 0.138. The number of fused-ring (bicyclic) bond motifs is 1. The van der Waals surface area contributed by atoms with E-state index in [1.54, 1.807) is 4.90 Å². The fraction of sp³-hybridized carbons (Fsp3) is 0.667. The number of Topliss-reactive ketones (excluding diaryl/α,β-unsaturated/α-hetero) is 1. The van der Waals surface area contributed by atoms with Crippen LogP contribution in [0.4, 0.5) is 13.2 Å². The van der Waals surface area contributed by atoms with E-state index in [-0.39, 0.29) is 18.2 Å². The Bertz CT molecular complexity index is 311. The van der Waals surface area contributed by atoms with Crippen LogP contribution < -0.4 is 0 Å². The highest BCUT2D eigenvalue weighted by Gasteiger charge is 2.42. The van der Waals surface area contributed by atoms with Crippen molar-refractivity contribution in [2.75, 3.05) is 13.2 Å². The van der Waals surface area contributed by atoms with E-state index in [1.165, 1.54) is 6.20 Å². The topological polar surface area (TPSA) is 29.5 Å². The smallest absolute Gasteiger partial charge is 0.357 e. The van der Waals surface area contributed by atoms with Gasteiger partial charge >= 0.3 is 6.18 Å². The van der Waals surface area contributed by atoms with Gasteiger partial charge in [-0.2, -0.15) is 13.2 Å². The number of halogens is 3. The molecule has 1 unspecified atom stereocenters. The lowest BCUT2D eigenvalue weighted by Crippen LogP contribution is -2.33. The van der Waals surface area contributed by atoms with E-state index in [1.807, 2.05) is 0 Å². The second-order valence-corrected chi connectivity index (χ2v) is 3.58. The highest BCUT2D eigenvalue weighted by Crippen LogP contribution is 2.29. The van der Waals surface area contributed by atoms with Crippen molar-refractivity contribution < 1.29 is 22.7 Å². The quantitative estimate of drug-likeness (QED) is 0.671.